The van der Waals surface area contributed by atoms with Gasteiger partial charge in [0.15, 0.2) is 11.4 Å². The van der Waals surface area contributed by atoms with Gasteiger partial charge in [-0.2, -0.15) is 0 Å². The molecule has 0 heterocycles. The van der Waals surface area contributed by atoms with Crippen LogP contribution in [0.1, 0.15) is 68.3 Å². The van der Waals surface area contributed by atoms with Crippen LogP contribution >= 0.6 is 0 Å². The highest BCUT2D eigenvalue weighted by molar-refractivity contribution is 6.03. The minimum atomic E-state index is -1.21. The quantitative estimate of drug-likeness (QED) is 0.247. The van der Waals surface area contributed by atoms with Gasteiger partial charge in [-0.05, 0) is 25.3 Å². The van der Waals surface area contributed by atoms with Gasteiger partial charge in [0.25, 0.3) is 0 Å². The van der Waals surface area contributed by atoms with E-state index >= 15 is 0 Å². The van der Waals surface area contributed by atoms with Crippen molar-refractivity contribution in [3.8, 4) is 0 Å². The molecule has 4 heteroatoms. The molecule has 0 aromatic heterocycles. The van der Waals surface area contributed by atoms with Gasteiger partial charge in [-0.3, -0.25) is 9.59 Å². The predicted octanol–water partition coefficient (Wildman–Crippen LogP) is 5.71. The lowest BCUT2D eigenvalue weighted by atomic mass is 9.82. The van der Waals surface area contributed by atoms with E-state index in [0.717, 1.165) is 31.2 Å². The van der Waals surface area contributed by atoms with Crippen LogP contribution in [0.3, 0.4) is 0 Å². The number of hydrogen-bond donors (Lipinski definition) is 0. The lowest BCUT2D eigenvalue weighted by Gasteiger charge is -2.33. The van der Waals surface area contributed by atoms with E-state index in [4.69, 9.17) is 9.47 Å². The smallest absolute Gasteiger partial charge is 0.305 e. The number of carbonyl (C=O) groups excluding carboxylic acids is 2. The maximum atomic E-state index is 13.7. The minimum absolute atomic E-state index is 0.121. The van der Waals surface area contributed by atoms with E-state index < -0.39 is 5.60 Å². The van der Waals surface area contributed by atoms with Crippen LogP contribution in [0.5, 0.6) is 0 Å². The molecule has 0 spiro atoms. The van der Waals surface area contributed by atoms with Gasteiger partial charge in [0, 0.05) is 18.6 Å². The van der Waals surface area contributed by atoms with Gasteiger partial charge >= 0.3 is 5.97 Å². The zero-order valence-corrected chi connectivity index (χ0v) is 17.6. The van der Waals surface area contributed by atoms with Crippen molar-refractivity contribution in [3.05, 3.63) is 71.8 Å². The summed E-state index contributed by atoms with van der Waals surface area (Å²) in [5.41, 5.74) is 0.143. The highest BCUT2D eigenvalue weighted by Gasteiger charge is 2.42. The summed E-state index contributed by atoms with van der Waals surface area (Å²) < 4.78 is 11.5. The molecule has 0 bridgehead atoms. The second-order valence-electron chi connectivity index (χ2n) is 7.10. The zero-order chi connectivity index (χ0) is 21.0. The number of rotatable bonds is 13. The summed E-state index contributed by atoms with van der Waals surface area (Å²) in [6.07, 6.45) is 4.57. The Labute approximate surface area is 174 Å². The van der Waals surface area contributed by atoms with E-state index in [9.17, 15) is 9.59 Å². The van der Waals surface area contributed by atoms with Gasteiger partial charge in [0.1, 0.15) is 0 Å². The number of Topliss-reactive ketones (excluding diaryl/α,β-unsaturated/α-hetero) is 1. The molecule has 0 aliphatic carbocycles. The zero-order valence-electron chi connectivity index (χ0n) is 17.6. The van der Waals surface area contributed by atoms with Crippen molar-refractivity contribution in [2.75, 3.05) is 13.2 Å². The van der Waals surface area contributed by atoms with E-state index in [1.165, 1.54) is 0 Å². The first-order valence-electron chi connectivity index (χ1n) is 10.6. The molecule has 1 atom stereocenters. The summed E-state index contributed by atoms with van der Waals surface area (Å²) in [5, 5.41) is 0. The highest BCUT2D eigenvalue weighted by Crippen LogP contribution is 2.35. The fourth-order valence-electron chi connectivity index (χ4n) is 3.43. The second-order valence-corrected chi connectivity index (χ2v) is 7.10. The molecule has 0 saturated carbocycles. The van der Waals surface area contributed by atoms with Crippen LogP contribution in [0.2, 0.25) is 0 Å². The van der Waals surface area contributed by atoms with Crippen LogP contribution < -0.4 is 0 Å². The topological polar surface area (TPSA) is 52.6 Å². The van der Waals surface area contributed by atoms with E-state index in [1.54, 1.807) is 19.1 Å². The maximum absolute atomic E-state index is 13.7. The van der Waals surface area contributed by atoms with Crippen molar-refractivity contribution in [2.24, 2.45) is 0 Å². The number of carbonyl (C=O) groups is 2. The third-order valence-corrected chi connectivity index (χ3v) is 4.98. The number of unbranched alkanes of at least 4 members (excludes halogenated alkanes) is 3. The lowest BCUT2D eigenvalue weighted by Crippen LogP contribution is -2.40. The number of ketones is 1. The van der Waals surface area contributed by atoms with E-state index in [1.807, 2.05) is 48.5 Å². The molecule has 0 amide bonds. The van der Waals surface area contributed by atoms with Crippen molar-refractivity contribution >= 4 is 11.8 Å². The summed E-state index contributed by atoms with van der Waals surface area (Å²) in [7, 11) is 0. The third-order valence-electron chi connectivity index (χ3n) is 4.98. The Kier molecular flexibility index (Phi) is 9.58. The fraction of sp³-hybridized carbons (Fsp3) is 0.440. The molecule has 2 aromatic carbocycles. The van der Waals surface area contributed by atoms with Crippen molar-refractivity contribution in [2.45, 2.75) is 58.0 Å². The van der Waals surface area contributed by atoms with Gasteiger partial charge in [-0.15, -0.1) is 0 Å². The summed E-state index contributed by atoms with van der Waals surface area (Å²) >= 11 is 0. The Balaban J connectivity index is 2.37. The summed E-state index contributed by atoms with van der Waals surface area (Å²) in [6, 6.07) is 18.7. The van der Waals surface area contributed by atoms with Crippen molar-refractivity contribution in [1.82, 2.24) is 0 Å². The van der Waals surface area contributed by atoms with E-state index in [0.29, 0.717) is 18.8 Å². The third kappa shape index (κ3) is 6.53. The summed E-state index contributed by atoms with van der Waals surface area (Å²) in [6.45, 7) is 4.73. The van der Waals surface area contributed by atoms with E-state index in [2.05, 4.69) is 6.92 Å². The van der Waals surface area contributed by atoms with Crippen molar-refractivity contribution < 1.29 is 19.1 Å². The molecule has 2 rings (SSSR count). The summed E-state index contributed by atoms with van der Waals surface area (Å²) in [5.74, 6) is -0.438. The second kappa shape index (κ2) is 12.2. The Morgan fingerprint density at radius 2 is 1.52 bits per heavy atom. The molecule has 0 aliphatic rings. The Bertz CT molecular complexity index is 742. The molecular weight excluding hydrogens is 364 g/mol. The summed E-state index contributed by atoms with van der Waals surface area (Å²) in [4.78, 5) is 25.8. The van der Waals surface area contributed by atoms with Gasteiger partial charge in [0.05, 0.1) is 6.61 Å². The lowest BCUT2D eigenvalue weighted by molar-refractivity contribution is -0.144. The molecule has 156 valence electrons. The molecule has 2 aromatic rings. The largest absolute Gasteiger partial charge is 0.466 e. The normalized spacial score (nSPS) is 12.9. The Hall–Kier alpha value is -2.46. The molecule has 0 radical (unpaired) electrons. The van der Waals surface area contributed by atoms with Gasteiger partial charge in [0.2, 0.25) is 0 Å². The molecule has 0 aliphatic heterocycles. The monoisotopic (exact) mass is 396 g/mol. The number of hydrogen-bond acceptors (Lipinski definition) is 4. The van der Waals surface area contributed by atoms with Crippen LogP contribution in [0.25, 0.3) is 0 Å². The Morgan fingerprint density at radius 1 is 0.862 bits per heavy atom. The SMILES string of the molecule is CCCCCCOC(CCC(=O)OCC)(C(=O)c1ccccc1)c1ccccc1. The van der Waals surface area contributed by atoms with E-state index in [-0.39, 0.29) is 24.6 Å². The van der Waals surface area contributed by atoms with Crippen LogP contribution in [0, 0.1) is 0 Å². The van der Waals surface area contributed by atoms with Crippen molar-refractivity contribution in [3.63, 3.8) is 0 Å². The highest BCUT2D eigenvalue weighted by atomic mass is 16.5. The average Bonchev–Trinajstić information content (AvgIpc) is 2.77. The van der Waals surface area contributed by atoms with Gasteiger partial charge < -0.3 is 9.47 Å². The standard InChI is InChI=1S/C25H32O4/c1-3-5-6-13-20-29-25(19-18-23(26)28-4-2,22-16-11-8-12-17-22)24(27)21-14-9-7-10-15-21/h7-12,14-17H,3-6,13,18-20H2,1-2H3. The fourth-order valence-corrected chi connectivity index (χ4v) is 3.43. The number of benzene rings is 2. The van der Waals surface area contributed by atoms with Gasteiger partial charge in [-0.25, -0.2) is 0 Å². The van der Waals surface area contributed by atoms with Crippen LogP contribution in [-0.2, 0) is 19.9 Å². The maximum Gasteiger partial charge on any atom is 0.305 e. The van der Waals surface area contributed by atoms with Crippen LogP contribution in [0.15, 0.2) is 60.7 Å². The molecular formula is C25H32O4. The van der Waals surface area contributed by atoms with Crippen molar-refractivity contribution in [1.29, 1.82) is 0 Å². The molecule has 0 saturated heterocycles. The first-order chi connectivity index (χ1) is 14.1. The Morgan fingerprint density at radius 3 is 2.14 bits per heavy atom. The average molecular weight is 397 g/mol. The molecule has 0 N–H and O–H groups in total. The first kappa shape index (κ1) is 22.8. The van der Waals surface area contributed by atoms with Crippen LogP contribution in [-0.4, -0.2) is 25.0 Å². The predicted molar refractivity (Wildman–Crippen MR) is 115 cm³/mol. The van der Waals surface area contributed by atoms with Crippen LogP contribution in [0.4, 0.5) is 0 Å². The number of esters is 1. The minimum Gasteiger partial charge on any atom is -0.466 e. The molecule has 29 heavy (non-hydrogen) atoms. The molecule has 1 unspecified atom stereocenters. The molecule has 0 fully saturated rings. The number of ether oxygens (including phenoxy) is 2. The first-order valence-corrected chi connectivity index (χ1v) is 10.6. The van der Waals surface area contributed by atoms with Gasteiger partial charge in [-0.1, -0.05) is 86.8 Å². The molecule has 4 nitrogen and oxygen atoms in total.